The molecule has 2 unspecified atom stereocenters. The van der Waals surface area contributed by atoms with E-state index < -0.39 is 12.1 Å². The zero-order valence-corrected chi connectivity index (χ0v) is 31.6. The van der Waals surface area contributed by atoms with E-state index in [4.69, 9.17) is 0 Å². The molecule has 9 nitrogen and oxygen atoms in total. The monoisotopic (exact) mass is 752 g/mol. The third-order valence-corrected chi connectivity index (χ3v) is 12.8. The number of carbonyl (C=O) groups excluding carboxylic acids is 2. The Morgan fingerprint density at radius 2 is 1.22 bits per heavy atom. The maximum absolute atomic E-state index is 13.9. The number of thiazole rings is 2. The van der Waals surface area contributed by atoms with E-state index in [1.54, 1.807) is 12.4 Å². The lowest BCUT2D eigenvalue weighted by molar-refractivity contribution is -0.127. The smallest absolute Gasteiger partial charge is 0.246 e. The molecular weight excluding hydrogens is 713 g/mol. The fraction of sp³-hybridized carbons (Fsp3) is 0.256. The zero-order chi connectivity index (χ0) is 36.8. The quantitative estimate of drug-likeness (QED) is 0.134. The molecule has 3 heterocycles. The summed E-state index contributed by atoms with van der Waals surface area (Å²) >= 11 is 2.85. The van der Waals surface area contributed by atoms with E-state index in [0.29, 0.717) is 23.4 Å². The highest BCUT2D eigenvalue weighted by Crippen LogP contribution is 2.41. The van der Waals surface area contributed by atoms with Crippen molar-refractivity contribution in [3.8, 4) is 43.1 Å². The topological polar surface area (TPSA) is 111 Å². The van der Waals surface area contributed by atoms with Gasteiger partial charge in [-0.1, -0.05) is 95.5 Å². The minimum absolute atomic E-state index is 0.0499. The van der Waals surface area contributed by atoms with Gasteiger partial charge in [0.05, 0.1) is 15.9 Å². The summed E-state index contributed by atoms with van der Waals surface area (Å²) in [6.45, 7) is 2.83. The van der Waals surface area contributed by atoms with Crippen LogP contribution in [0, 0.1) is 0 Å². The van der Waals surface area contributed by atoms with Crippen molar-refractivity contribution in [2.24, 2.45) is 0 Å². The number of nitrogens with one attached hydrogen (secondary N) is 2. The van der Waals surface area contributed by atoms with E-state index in [1.807, 2.05) is 4.90 Å². The van der Waals surface area contributed by atoms with Crippen LogP contribution < -0.4 is 10.6 Å². The molecule has 2 aromatic heterocycles. The van der Waals surface area contributed by atoms with Gasteiger partial charge in [0.25, 0.3) is 0 Å². The van der Waals surface area contributed by atoms with Gasteiger partial charge in [0.15, 0.2) is 10.3 Å². The van der Waals surface area contributed by atoms with Crippen LogP contribution in [0.1, 0.15) is 35.1 Å². The molecular formula is C43H40N6O3S2. The molecule has 1 saturated heterocycles. The van der Waals surface area contributed by atoms with Gasteiger partial charge >= 0.3 is 0 Å². The van der Waals surface area contributed by atoms with E-state index >= 15 is 0 Å². The maximum atomic E-state index is 13.9. The number of hydrogen-bond acceptors (Lipinski definition) is 9. The molecule has 1 aliphatic heterocycles. The number of piperazine rings is 1. The van der Waals surface area contributed by atoms with Gasteiger partial charge in [0.2, 0.25) is 11.8 Å². The van der Waals surface area contributed by atoms with Crippen molar-refractivity contribution in [1.82, 2.24) is 19.8 Å². The van der Waals surface area contributed by atoms with Crippen LogP contribution in [0.5, 0.6) is 0 Å². The summed E-state index contributed by atoms with van der Waals surface area (Å²) in [5.74, 6) is -0.571. The molecule has 0 spiro atoms. The Morgan fingerprint density at radius 3 is 1.80 bits per heavy atom. The summed E-state index contributed by atoms with van der Waals surface area (Å²) in [6, 6.07) is 29.2. The summed E-state index contributed by atoms with van der Waals surface area (Å²) in [6.07, 6.45) is 4.52. The van der Waals surface area contributed by atoms with Gasteiger partial charge in [0, 0.05) is 45.0 Å². The maximum Gasteiger partial charge on any atom is 0.246 e. The molecule has 0 saturated carbocycles. The fourth-order valence-electron chi connectivity index (χ4n) is 8.01. The van der Waals surface area contributed by atoms with Gasteiger partial charge in [-0.2, -0.15) is 0 Å². The van der Waals surface area contributed by atoms with Crippen LogP contribution in [0.25, 0.3) is 43.1 Å². The second-order valence-corrected chi connectivity index (χ2v) is 16.5. The average Bonchev–Trinajstić information content (AvgIpc) is 3.99. The number of carbonyl (C=O) groups is 2. The highest BCUT2D eigenvalue weighted by molar-refractivity contribution is 7.19. The summed E-state index contributed by atoms with van der Waals surface area (Å²) in [7, 11) is 2.05. The molecule has 2 atom stereocenters. The number of rotatable bonds is 10. The number of amides is 2. The van der Waals surface area contributed by atoms with Gasteiger partial charge in [-0.15, -0.1) is 0 Å². The van der Waals surface area contributed by atoms with Crippen LogP contribution in [0.4, 0.5) is 10.3 Å². The number of aliphatic hydroxyl groups is 1. The van der Waals surface area contributed by atoms with Gasteiger partial charge < -0.3 is 20.6 Å². The van der Waals surface area contributed by atoms with Crippen LogP contribution in [0.2, 0.25) is 0 Å². The van der Waals surface area contributed by atoms with Crippen molar-refractivity contribution in [3.05, 3.63) is 120 Å². The number of nitrogens with zero attached hydrogens (tertiary/aromatic N) is 4. The largest absolute Gasteiger partial charge is 0.391 e. The van der Waals surface area contributed by atoms with Gasteiger partial charge in [-0.05, 0) is 94.1 Å². The molecule has 1 fully saturated rings. The van der Waals surface area contributed by atoms with E-state index in [-0.39, 0.29) is 24.7 Å². The molecule has 11 heteroatoms. The van der Waals surface area contributed by atoms with Crippen LogP contribution in [0.3, 0.4) is 0 Å². The van der Waals surface area contributed by atoms with Crippen LogP contribution in [0.15, 0.2) is 97.3 Å². The lowest BCUT2D eigenvalue weighted by Gasteiger charge is -2.38. The highest BCUT2D eigenvalue weighted by Gasteiger charge is 2.35. The molecule has 4 aromatic carbocycles. The van der Waals surface area contributed by atoms with Crippen LogP contribution in [-0.4, -0.2) is 82.1 Å². The number of benzene rings is 4. The van der Waals surface area contributed by atoms with E-state index in [1.165, 1.54) is 67.2 Å². The summed E-state index contributed by atoms with van der Waals surface area (Å²) in [4.78, 5) is 42.2. The Balaban J connectivity index is 0.836. The molecule has 3 N–H and O–H groups in total. The zero-order valence-electron chi connectivity index (χ0n) is 29.9. The Labute approximate surface area is 322 Å². The van der Waals surface area contributed by atoms with Crippen molar-refractivity contribution >= 4 is 44.8 Å². The Kier molecular flexibility index (Phi) is 9.42. The molecule has 2 amide bonds. The molecule has 2 aliphatic carbocycles. The van der Waals surface area contributed by atoms with Crippen molar-refractivity contribution in [1.29, 1.82) is 0 Å². The van der Waals surface area contributed by atoms with Crippen LogP contribution >= 0.6 is 22.7 Å². The minimum Gasteiger partial charge on any atom is -0.391 e. The lowest BCUT2D eigenvalue weighted by Crippen LogP contribution is -2.57. The Morgan fingerprint density at radius 1 is 0.704 bits per heavy atom. The predicted octanol–water partition coefficient (Wildman–Crippen LogP) is 7.41. The predicted molar refractivity (Wildman–Crippen MR) is 217 cm³/mol. The third-order valence-electron chi connectivity index (χ3n) is 10.9. The molecule has 9 rings (SSSR count). The number of anilines is 2. The van der Waals surface area contributed by atoms with Gasteiger partial charge in [0.1, 0.15) is 6.04 Å². The Hall–Kier alpha value is -5.04. The first-order valence-corrected chi connectivity index (χ1v) is 20.1. The number of likely N-dealkylation sites (N-methyl/N-ethyl adjacent to an activating group) is 1. The Bertz CT molecular complexity index is 2380. The number of hydrogen-bond donors (Lipinski definition) is 3. The summed E-state index contributed by atoms with van der Waals surface area (Å²) < 4.78 is 0. The van der Waals surface area contributed by atoms with Crippen molar-refractivity contribution in [3.63, 3.8) is 0 Å². The number of aromatic nitrogens is 2. The summed E-state index contributed by atoms with van der Waals surface area (Å²) in [5, 5.41) is 18.4. The summed E-state index contributed by atoms with van der Waals surface area (Å²) in [5.41, 5.74) is 12.5. The first-order valence-electron chi connectivity index (χ1n) is 18.4. The number of aliphatic hydroxyl groups excluding tert-OH is 1. The van der Waals surface area contributed by atoms with Gasteiger partial charge in [-0.25, -0.2) is 9.97 Å². The molecule has 6 aromatic rings. The van der Waals surface area contributed by atoms with Crippen molar-refractivity contribution in [2.75, 3.05) is 43.9 Å². The van der Waals surface area contributed by atoms with Crippen molar-refractivity contribution < 1.29 is 14.7 Å². The molecule has 0 bridgehead atoms. The third kappa shape index (κ3) is 6.89. The molecule has 54 heavy (non-hydrogen) atoms. The van der Waals surface area contributed by atoms with Crippen molar-refractivity contribution in [2.45, 2.75) is 37.8 Å². The minimum atomic E-state index is -1.06. The van der Waals surface area contributed by atoms with Gasteiger partial charge in [-0.3, -0.25) is 14.5 Å². The second-order valence-electron chi connectivity index (χ2n) is 14.4. The standard InChI is InChI=1S/C43H40N6O3S2/c1-48-16-18-49(19-17-48)40(41(52)47-43-45-25-38(54-43)29-11-13-35-31(23-29)21-27-7-3-5-9-33(27)35)36(50)14-15-39(51)46-42-44-24-37(53-42)28-10-12-34-30(22-28)20-26-6-2-4-8-32(26)34/h2-13,22-25,36,40,50H,14-21H2,1H3,(H,44,46,51)(H,45,47,52). The number of fused-ring (bicyclic) bond motifs is 6. The highest BCUT2D eigenvalue weighted by atomic mass is 32.1. The normalized spacial score (nSPS) is 15.9. The van der Waals surface area contributed by atoms with E-state index in [2.05, 4.69) is 117 Å². The first-order chi connectivity index (χ1) is 26.4. The molecule has 3 aliphatic rings. The lowest BCUT2D eigenvalue weighted by atomic mass is 10.0. The second kappa shape index (κ2) is 14.7. The SMILES string of the molecule is CN1CCN(C(C(=O)Nc2ncc(-c3ccc4c(c3)Cc3ccccc3-4)s2)C(O)CCC(=O)Nc2ncc(-c3ccc4c(c3)Cc3ccccc3-4)s2)CC1. The average molecular weight is 753 g/mol. The molecule has 272 valence electrons. The molecule has 0 radical (unpaired) electrons. The van der Waals surface area contributed by atoms with E-state index in [0.717, 1.165) is 46.8 Å². The van der Waals surface area contributed by atoms with E-state index in [9.17, 15) is 14.7 Å². The van der Waals surface area contributed by atoms with Crippen LogP contribution in [-0.2, 0) is 22.4 Å². The fourth-order valence-corrected chi connectivity index (χ4v) is 9.65. The first kappa shape index (κ1) is 34.7.